The van der Waals surface area contributed by atoms with Gasteiger partial charge in [0.25, 0.3) is 0 Å². The molecule has 15 rings (SSSR count). The Morgan fingerprint density at radius 2 is 0.512 bits per heavy atom. The van der Waals surface area contributed by atoms with E-state index in [1.54, 1.807) is 0 Å². The molecular weight excluding hydrogens is 965 g/mol. The molecule has 2 heterocycles. The zero-order valence-electron chi connectivity index (χ0n) is 45.3. The fourth-order valence-corrected chi connectivity index (χ4v) is 13.0. The van der Waals surface area contributed by atoms with Crippen LogP contribution in [0.1, 0.15) is 22.5 Å². The van der Waals surface area contributed by atoms with Crippen molar-refractivity contribution in [3.8, 4) is 78.1 Å². The number of rotatable bonds is 8. The quantitative estimate of drug-likeness (QED) is 0.134. The van der Waals surface area contributed by atoms with Crippen molar-refractivity contribution >= 4 is 64.9 Å². The molecule has 2 heteroatoms. The van der Waals surface area contributed by atoms with Crippen molar-refractivity contribution in [2.75, 3.05) is 0 Å². The number of aryl methyl sites for hydroxylation is 2. The van der Waals surface area contributed by atoms with E-state index >= 15 is 0 Å². The summed E-state index contributed by atoms with van der Waals surface area (Å²) in [5, 5.41) is 12.3. The summed E-state index contributed by atoms with van der Waals surface area (Å²) in [5.41, 5.74) is 24.1. The molecule has 0 unspecified atom stereocenters. The highest BCUT2D eigenvalue weighted by Gasteiger charge is 2.25. The molecule has 0 amide bonds. The van der Waals surface area contributed by atoms with Crippen LogP contribution in [-0.4, -0.2) is 9.13 Å². The minimum atomic E-state index is 1.14. The Bertz CT molecular complexity index is 4510. The molecule has 0 saturated heterocycles. The zero-order chi connectivity index (χ0) is 53.6. The lowest BCUT2D eigenvalue weighted by Gasteiger charge is -2.20. The monoisotopic (exact) mass is 1020 g/mol. The van der Waals surface area contributed by atoms with Crippen LogP contribution in [0.3, 0.4) is 0 Å². The second-order valence-corrected chi connectivity index (χ2v) is 21.8. The standard InChI is InChI=1S/C78H56N2/c1-49-51(3)79(67-41-63(53-21-9-5-10-22-53)39-64(42-67)54-23-11-6-12-24-54)75-47-73-71(45-69(49)75)77(61-35-33-57-29-17-19-31-59(57)37-61)74-48-76-70(46-72(74)78(73)62-36-34-58-30-18-20-32-60(58)38-62)50(2)52(4)80(76)68-43-65(55-25-13-7-14-26-55)40-66(44-68)56-27-15-8-16-28-56/h5-48H,1-4H3. The third-order valence-electron chi connectivity index (χ3n) is 17.3. The highest BCUT2D eigenvalue weighted by molar-refractivity contribution is 6.26. The van der Waals surface area contributed by atoms with E-state index in [9.17, 15) is 0 Å². The number of hydrogen-bond acceptors (Lipinski definition) is 0. The Kier molecular flexibility index (Phi) is 11.1. The van der Waals surface area contributed by atoms with Crippen molar-refractivity contribution in [1.29, 1.82) is 0 Å². The number of hydrogen-bond donors (Lipinski definition) is 0. The van der Waals surface area contributed by atoms with Gasteiger partial charge in [0.2, 0.25) is 0 Å². The highest BCUT2D eigenvalue weighted by atomic mass is 15.0. The van der Waals surface area contributed by atoms with E-state index < -0.39 is 0 Å². The molecule has 0 radical (unpaired) electrons. The van der Waals surface area contributed by atoms with Crippen LogP contribution in [0.5, 0.6) is 0 Å². The third kappa shape index (κ3) is 7.78. The van der Waals surface area contributed by atoms with E-state index in [-0.39, 0.29) is 0 Å². The largest absolute Gasteiger partial charge is 0.314 e. The predicted molar refractivity (Wildman–Crippen MR) is 342 cm³/mol. The molecule has 0 N–H and O–H groups in total. The van der Waals surface area contributed by atoms with E-state index in [1.165, 1.54) is 154 Å². The lowest BCUT2D eigenvalue weighted by atomic mass is 9.84. The summed E-state index contributed by atoms with van der Waals surface area (Å²) in [4.78, 5) is 0. The maximum Gasteiger partial charge on any atom is 0.0540 e. The minimum absolute atomic E-state index is 1.14. The maximum absolute atomic E-state index is 2.53. The van der Waals surface area contributed by atoms with Crippen LogP contribution in [0.2, 0.25) is 0 Å². The normalized spacial score (nSPS) is 11.8. The fraction of sp³-hybridized carbons (Fsp3) is 0.0513. The summed E-state index contributed by atoms with van der Waals surface area (Å²) in [6, 6.07) is 99.4. The molecule has 0 aliphatic rings. The molecule has 0 aliphatic carbocycles. The number of nitrogens with zero attached hydrogens (tertiary/aromatic N) is 2. The average Bonchev–Trinajstić information content (AvgIpc) is 3.99. The number of fused-ring (bicyclic) bond motifs is 6. The number of aromatic nitrogens is 2. The molecular formula is C78H56N2. The Morgan fingerprint density at radius 1 is 0.212 bits per heavy atom. The summed E-state index contributed by atoms with van der Waals surface area (Å²) in [7, 11) is 0. The molecule has 0 aliphatic heterocycles. The zero-order valence-corrected chi connectivity index (χ0v) is 45.3. The summed E-state index contributed by atoms with van der Waals surface area (Å²) < 4.78 is 5.05. The van der Waals surface area contributed by atoms with Crippen LogP contribution in [0.4, 0.5) is 0 Å². The van der Waals surface area contributed by atoms with E-state index in [0.29, 0.717) is 0 Å². The maximum atomic E-state index is 2.53. The predicted octanol–water partition coefficient (Wildman–Crippen LogP) is 21.4. The van der Waals surface area contributed by atoms with Crippen molar-refractivity contribution in [3.05, 3.63) is 289 Å². The van der Waals surface area contributed by atoms with Gasteiger partial charge in [-0.25, -0.2) is 0 Å². The Morgan fingerprint density at radius 3 is 0.850 bits per heavy atom. The van der Waals surface area contributed by atoms with Gasteiger partial charge < -0.3 is 9.13 Å². The minimum Gasteiger partial charge on any atom is -0.314 e. The van der Waals surface area contributed by atoms with Crippen LogP contribution in [-0.2, 0) is 0 Å². The Labute approximate surface area is 466 Å². The molecule has 15 aromatic rings. The second kappa shape index (κ2) is 18.9. The molecule has 80 heavy (non-hydrogen) atoms. The van der Waals surface area contributed by atoms with E-state index in [1.807, 2.05) is 0 Å². The summed E-state index contributed by atoms with van der Waals surface area (Å²) in [5.74, 6) is 0. The first kappa shape index (κ1) is 47.2. The summed E-state index contributed by atoms with van der Waals surface area (Å²) >= 11 is 0. The summed E-state index contributed by atoms with van der Waals surface area (Å²) in [6.45, 7) is 9.23. The molecule has 0 spiro atoms. The van der Waals surface area contributed by atoms with Crippen LogP contribution in [0, 0.1) is 27.7 Å². The molecule has 378 valence electrons. The highest BCUT2D eigenvalue weighted by Crippen LogP contribution is 2.49. The van der Waals surface area contributed by atoms with Crippen molar-refractivity contribution < 1.29 is 0 Å². The Hall–Kier alpha value is -10.0. The topological polar surface area (TPSA) is 9.86 Å². The van der Waals surface area contributed by atoms with Gasteiger partial charge in [-0.2, -0.15) is 0 Å². The molecule has 2 nitrogen and oxygen atoms in total. The van der Waals surface area contributed by atoms with Gasteiger partial charge in [0.15, 0.2) is 0 Å². The first-order valence-electron chi connectivity index (χ1n) is 27.9. The van der Waals surface area contributed by atoms with Crippen LogP contribution >= 0.6 is 0 Å². The average molecular weight is 1020 g/mol. The molecule has 13 aromatic carbocycles. The first-order valence-corrected chi connectivity index (χ1v) is 27.9. The van der Waals surface area contributed by atoms with Crippen LogP contribution < -0.4 is 0 Å². The van der Waals surface area contributed by atoms with Crippen LogP contribution in [0.15, 0.2) is 267 Å². The van der Waals surface area contributed by atoms with E-state index in [4.69, 9.17) is 0 Å². The van der Waals surface area contributed by atoms with Gasteiger partial charge in [-0.15, -0.1) is 0 Å². The first-order chi connectivity index (χ1) is 39.3. The van der Waals surface area contributed by atoms with Gasteiger partial charge in [-0.3, -0.25) is 0 Å². The summed E-state index contributed by atoms with van der Waals surface area (Å²) in [6.07, 6.45) is 0. The molecule has 0 bridgehead atoms. The smallest absolute Gasteiger partial charge is 0.0540 e. The lowest BCUT2D eigenvalue weighted by molar-refractivity contribution is 1.04. The molecule has 2 aromatic heterocycles. The SMILES string of the molecule is Cc1c(C)n(-c2cc(-c3ccccc3)cc(-c3ccccc3)c2)c2cc3c(-c4ccc5ccccc5c4)c4cc5c(C)c(C)n(-c6cc(-c7ccccc7)cc(-c7ccccc7)c6)c5cc4c(-c4ccc5ccccc5c4)c3cc12. The van der Waals surface area contributed by atoms with Gasteiger partial charge in [0.05, 0.1) is 11.0 Å². The molecule has 0 saturated carbocycles. The van der Waals surface area contributed by atoms with Gasteiger partial charge in [-0.05, 0) is 221 Å². The van der Waals surface area contributed by atoms with E-state index in [0.717, 1.165) is 11.4 Å². The third-order valence-corrected chi connectivity index (χ3v) is 17.3. The van der Waals surface area contributed by atoms with Crippen molar-refractivity contribution in [1.82, 2.24) is 9.13 Å². The fourth-order valence-electron chi connectivity index (χ4n) is 13.0. The van der Waals surface area contributed by atoms with Crippen LogP contribution in [0.25, 0.3) is 143 Å². The van der Waals surface area contributed by atoms with Crippen molar-refractivity contribution in [2.45, 2.75) is 27.7 Å². The van der Waals surface area contributed by atoms with Gasteiger partial charge in [0.1, 0.15) is 0 Å². The van der Waals surface area contributed by atoms with Gasteiger partial charge in [0, 0.05) is 33.5 Å². The second-order valence-electron chi connectivity index (χ2n) is 21.8. The van der Waals surface area contributed by atoms with Gasteiger partial charge in [-0.1, -0.05) is 194 Å². The van der Waals surface area contributed by atoms with Crippen molar-refractivity contribution in [2.24, 2.45) is 0 Å². The van der Waals surface area contributed by atoms with Gasteiger partial charge >= 0.3 is 0 Å². The van der Waals surface area contributed by atoms with Crippen molar-refractivity contribution in [3.63, 3.8) is 0 Å². The lowest BCUT2D eigenvalue weighted by Crippen LogP contribution is -1.99. The molecule has 0 atom stereocenters. The Balaban J connectivity index is 1.08. The molecule has 0 fully saturated rings. The van der Waals surface area contributed by atoms with E-state index in [2.05, 4.69) is 304 Å². The number of benzene rings is 13.